The summed E-state index contributed by atoms with van der Waals surface area (Å²) in [5.74, 6) is 1.04. The minimum absolute atomic E-state index is 0.0519. The van der Waals surface area contributed by atoms with Crippen molar-refractivity contribution in [3.63, 3.8) is 0 Å². The quantitative estimate of drug-likeness (QED) is 0.527. The third-order valence-corrected chi connectivity index (χ3v) is 4.96. The van der Waals surface area contributed by atoms with Crippen LogP contribution in [-0.4, -0.2) is 39.8 Å². The molecule has 162 valence electrons. The summed E-state index contributed by atoms with van der Waals surface area (Å²) in [5.41, 5.74) is 2.00. The van der Waals surface area contributed by atoms with Crippen LogP contribution in [-0.2, 0) is 4.79 Å². The molecule has 1 unspecified atom stereocenters. The molecule has 3 aromatic rings. The number of likely N-dealkylation sites (N-methyl/N-ethyl adjacent to an activating group) is 1. The number of nitrogens with one attached hydrogen (secondary N) is 2. The molecule has 5 nitrogen and oxygen atoms in total. The molecule has 3 rings (SSSR count). The van der Waals surface area contributed by atoms with Gasteiger partial charge >= 0.3 is 0 Å². The van der Waals surface area contributed by atoms with E-state index in [1.807, 2.05) is 61.6 Å². The molecular weight excluding hydrogens is 395 g/mol. The van der Waals surface area contributed by atoms with Gasteiger partial charge in [-0.2, -0.15) is 0 Å². The molecule has 0 bridgehead atoms. The third-order valence-electron chi connectivity index (χ3n) is 4.96. The van der Waals surface area contributed by atoms with Crippen LogP contribution in [0.2, 0.25) is 0 Å². The van der Waals surface area contributed by atoms with Gasteiger partial charge in [0.1, 0.15) is 30.5 Å². The lowest BCUT2D eigenvalue weighted by molar-refractivity contribution is -0.871. The minimum Gasteiger partial charge on any atom is -0.497 e. The Morgan fingerprint density at radius 3 is 2.19 bits per heavy atom. The molecule has 0 heterocycles. The van der Waals surface area contributed by atoms with Crippen LogP contribution in [0.5, 0.6) is 11.5 Å². The largest absolute Gasteiger partial charge is 0.497 e. The van der Waals surface area contributed by atoms with E-state index in [9.17, 15) is 9.18 Å². The first-order valence-electron chi connectivity index (χ1n) is 10.2. The smallest absolute Gasteiger partial charge is 0.275 e. The van der Waals surface area contributed by atoms with Crippen molar-refractivity contribution in [3.8, 4) is 11.5 Å². The topological polar surface area (TPSA) is 52.0 Å². The normalized spacial score (nSPS) is 12.6. The Balaban J connectivity index is 1.57. The number of quaternary nitrogens is 1. The number of hydrogen-bond donors (Lipinski definition) is 2. The number of ether oxygens (including phenoxy) is 2. The zero-order chi connectivity index (χ0) is 22.1. The maximum Gasteiger partial charge on any atom is 0.275 e. The molecule has 0 saturated carbocycles. The average Bonchev–Trinajstić information content (AvgIpc) is 2.79. The van der Waals surface area contributed by atoms with Crippen LogP contribution >= 0.6 is 0 Å². The van der Waals surface area contributed by atoms with Crippen molar-refractivity contribution in [1.29, 1.82) is 0 Å². The predicted molar refractivity (Wildman–Crippen MR) is 118 cm³/mol. The van der Waals surface area contributed by atoms with E-state index in [1.54, 1.807) is 19.2 Å². The van der Waals surface area contributed by atoms with E-state index in [0.29, 0.717) is 25.4 Å². The van der Waals surface area contributed by atoms with E-state index in [-0.39, 0.29) is 17.8 Å². The third kappa shape index (κ3) is 6.83. The first-order chi connectivity index (χ1) is 15.0. The Morgan fingerprint density at radius 1 is 0.935 bits per heavy atom. The summed E-state index contributed by atoms with van der Waals surface area (Å²) in [5, 5.41) is 3.15. The van der Waals surface area contributed by atoms with Gasteiger partial charge in [-0.15, -0.1) is 0 Å². The van der Waals surface area contributed by atoms with Crippen molar-refractivity contribution in [2.45, 2.75) is 6.04 Å². The molecule has 31 heavy (non-hydrogen) atoms. The molecule has 0 aliphatic rings. The van der Waals surface area contributed by atoms with Crippen molar-refractivity contribution < 1.29 is 23.6 Å². The first-order valence-corrected chi connectivity index (χ1v) is 10.2. The van der Waals surface area contributed by atoms with Crippen molar-refractivity contribution in [2.75, 3.05) is 33.9 Å². The second-order valence-corrected chi connectivity index (χ2v) is 7.37. The Hall–Kier alpha value is -3.38. The van der Waals surface area contributed by atoms with Gasteiger partial charge in [-0.25, -0.2) is 4.39 Å². The Morgan fingerprint density at radius 2 is 1.55 bits per heavy atom. The van der Waals surface area contributed by atoms with E-state index in [1.165, 1.54) is 12.1 Å². The van der Waals surface area contributed by atoms with Gasteiger partial charge < -0.3 is 19.7 Å². The number of carbonyl (C=O) groups is 1. The SMILES string of the molecule is COc1ccc([C@H](NC(=O)C[NH+](C)CCOc2ccc(F)cc2)c2ccccc2)cc1. The average molecular weight is 424 g/mol. The Labute approximate surface area is 182 Å². The molecule has 0 aliphatic heterocycles. The maximum absolute atomic E-state index is 13.0. The van der Waals surface area contributed by atoms with Gasteiger partial charge in [0.05, 0.1) is 20.2 Å². The first kappa shape index (κ1) is 22.3. The van der Waals surface area contributed by atoms with Crippen LogP contribution in [0.1, 0.15) is 17.2 Å². The molecule has 0 spiro atoms. The molecule has 6 heteroatoms. The van der Waals surface area contributed by atoms with Crippen LogP contribution in [0.15, 0.2) is 78.9 Å². The molecule has 0 aliphatic carbocycles. The molecule has 2 N–H and O–H groups in total. The summed E-state index contributed by atoms with van der Waals surface area (Å²) in [6.45, 7) is 1.39. The Bertz CT molecular complexity index is 947. The van der Waals surface area contributed by atoms with Gasteiger partial charge in [-0.3, -0.25) is 4.79 Å². The number of methoxy groups -OCH3 is 1. The van der Waals surface area contributed by atoms with Crippen molar-refractivity contribution >= 4 is 5.91 Å². The monoisotopic (exact) mass is 423 g/mol. The molecule has 0 radical (unpaired) electrons. The molecule has 0 aromatic heterocycles. The number of carbonyl (C=O) groups excluding carboxylic acids is 1. The lowest BCUT2D eigenvalue weighted by atomic mass is 9.98. The van der Waals surface area contributed by atoms with Crippen LogP contribution in [0.4, 0.5) is 4.39 Å². The molecule has 2 atom stereocenters. The fourth-order valence-corrected chi connectivity index (χ4v) is 3.25. The number of rotatable bonds is 10. The number of amides is 1. The highest BCUT2D eigenvalue weighted by Gasteiger charge is 2.19. The van der Waals surface area contributed by atoms with Crippen LogP contribution in [0.25, 0.3) is 0 Å². The fourth-order valence-electron chi connectivity index (χ4n) is 3.25. The van der Waals surface area contributed by atoms with Gasteiger partial charge in [0.2, 0.25) is 0 Å². The van der Waals surface area contributed by atoms with E-state index < -0.39 is 0 Å². The van der Waals surface area contributed by atoms with E-state index in [0.717, 1.165) is 21.8 Å². The summed E-state index contributed by atoms with van der Waals surface area (Å²) in [6, 6.07) is 23.3. The van der Waals surface area contributed by atoms with Crippen LogP contribution in [0, 0.1) is 5.82 Å². The lowest BCUT2D eigenvalue weighted by Crippen LogP contribution is -3.10. The Kier molecular flexibility index (Phi) is 8.01. The summed E-state index contributed by atoms with van der Waals surface area (Å²) < 4.78 is 23.8. The second kappa shape index (κ2) is 11.1. The standard InChI is InChI=1S/C25H27FN2O3/c1-28(16-17-31-23-14-10-21(26)11-15-23)18-24(29)27-25(19-6-4-3-5-7-19)20-8-12-22(30-2)13-9-20/h3-15,25H,16-18H2,1-2H3,(H,27,29)/p+1/t25-/m1/s1. The lowest BCUT2D eigenvalue weighted by Gasteiger charge is -2.21. The van der Waals surface area contributed by atoms with Gasteiger partial charge in [-0.05, 0) is 47.5 Å². The summed E-state index contributed by atoms with van der Waals surface area (Å²) in [7, 11) is 3.57. The zero-order valence-electron chi connectivity index (χ0n) is 17.8. The van der Waals surface area contributed by atoms with Crippen LogP contribution < -0.4 is 19.7 Å². The van der Waals surface area contributed by atoms with Gasteiger partial charge in [0, 0.05) is 0 Å². The molecule has 1 amide bonds. The molecule has 3 aromatic carbocycles. The summed E-state index contributed by atoms with van der Waals surface area (Å²) >= 11 is 0. The fraction of sp³-hybridized carbons (Fsp3) is 0.240. The highest BCUT2D eigenvalue weighted by Crippen LogP contribution is 2.24. The molecular formula is C25H28FN2O3+. The van der Waals surface area contributed by atoms with Gasteiger partial charge in [0.15, 0.2) is 6.54 Å². The molecule has 0 fully saturated rings. The van der Waals surface area contributed by atoms with E-state index >= 15 is 0 Å². The maximum atomic E-state index is 13.0. The molecule has 0 saturated heterocycles. The zero-order valence-corrected chi connectivity index (χ0v) is 17.8. The van der Waals surface area contributed by atoms with Gasteiger partial charge in [0.25, 0.3) is 5.91 Å². The number of hydrogen-bond acceptors (Lipinski definition) is 3. The second-order valence-electron chi connectivity index (χ2n) is 7.37. The highest BCUT2D eigenvalue weighted by molar-refractivity contribution is 5.78. The van der Waals surface area contributed by atoms with Crippen LogP contribution in [0.3, 0.4) is 0 Å². The number of halogens is 1. The van der Waals surface area contributed by atoms with Crippen molar-refractivity contribution in [1.82, 2.24) is 5.32 Å². The highest BCUT2D eigenvalue weighted by atomic mass is 19.1. The van der Waals surface area contributed by atoms with Crippen molar-refractivity contribution in [3.05, 3.63) is 95.8 Å². The van der Waals surface area contributed by atoms with E-state index in [4.69, 9.17) is 9.47 Å². The predicted octanol–water partition coefficient (Wildman–Crippen LogP) is 2.63. The summed E-state index contributed by atoms with van der Waals surface area (Å²) in [4.78, 5) is 13.8. The van der Waals surface area contributed by atoms with Gasteiger partial charge in [-0.1, -0.05) is 42.5 Å². The summed E-state index contributed by atoms with van der Waals surface area (Å²) in [6.07, 6.45) is 0. The van der Waals surface area contributed by atoms with E-state index in [2.05, 4.69) is 5.32 Å². The minimum atomic E-state index is -0.295. The number of benzene rings is 3. The van der Waals surface area contributed by atoms with Crippen molar-refractivity contribution in [2.24, 2.45) is 0 Å².